The van der Waals surface area contributed by atoms with Gasteiger partial charge in [-0.25, -0.2) is 4.79 Å². The van der Waals surface area contributed by atoms with Gasteiger partial charge in [0.15, 0.2) is 0 Å². The van der Waals surface area contributed by atoms with Crippen LogP contribution in [0.4, 0.5) is 4.79 Å². The van der Waals surface area contributed by atoms with E-state index < -0.39 is 11.7 Å². The lowest BCUT2D eigenvalue weighted by molar-refractivity contribution is -0.139. The first-order valence-electron chi connectivity index (χ1n) is 12.7. The highest BCUT2D eigenvalue weighted by atomic mass is 16.6. The highest BCUT2D eigenvalue weighted by molar-refractivity contribution is 5.73. The van der Waals surface area contributed by atoms with E-state index in [2.05, 4.69) is 24.0 Å². The summed E-state index contributed by atoms with van der Waals surface area (Å²) < 4.78 is 16.4. The van der Waals surface area contributed by atoms with Crippen molar-refractivity contribution in [3.63, 3.8) is 0 Å². The van der Waals surface area contributed by atoms with E-state index >= 15 is 0 Å². The Morgan fingerprint density at radius 3 is 2.26 bits per heavy atom. The van der Waals surface area contributed by atoms with E-state index in [1.807, 2.05) is 81.4 Å². The van der Waals surface area contributed by atoms with Crippen molar-refractivity contribution in [2.45, 2.75) is 58.8 Å². The lowest BCUT2D eigenvalue weighted by Gasteiger charge is -2.19. The van der Waals surface area contributed by atoms with Crippen LogP contribution in [-0.4, -0.2) is 24.8 Å². The third-order valence-corrected chi connectivity index (χ3v) is 5.75. The molecule has 0 heterocycles. The van der Waals surface area contributed by atoms with Crippen molar-refractivity contribution >= 4 is 12.1 Å². The van der Waals surface area contributed by atoms with Crippen molar-refractivity contribution in [2.75, 3.05) is 7.11 Å². The standard InChI is InChI=1S/C32H37NO5/c1-6-7-10-23-15-16-28(20-30(34)36-5)29(19-23)37-22-25-12-9-14-27(18-25)26-13-8-11-24(17-26)21-33-31(35)38-32(2,3)4/h6,8-9,11-19H,1,7,10,20-22H2,2-5H3,(H,33,35). The Balaban J connectivity index is 1.72. The molecule has 6 nitrogen and oxygen atoms in total. The molecule has 200 valence electrons. The van der Waals surface area contributed by atoms with Gasteiger partial charge in [0.1, 0.15) is 18.0 Å². The maximum Gasteiger partial charge on any atom is 0.407 e. The number of amides is 1. The number of rotatable bonds is 11. The summed E-state index contributed by atoms with van der Waals surface area (Å²) in [5, 5.41) is 2.80. The summed E-state index contributed by atoms with van der Waals surface area (Å²) in [6.07, 6.45) is 3.31. The zero-order chi connectivity index (χ0) is 27.5. The topological polar surface area (TPSA) is 73.9 Å². The first-order valence-corrected chi connectivity index (χ1v) is 12.7. The Bertz CT molecular complexity index is 1260. The molecule has 0 spiro atoms. The summed E-state index contributed by atoms with van der Waals surface area (Å²) >= 11 is 0. The smallest absolute Gasteiger partial charge is 0.407 e. The molecule has 3 aromatic carbocycles. The average molecular weight is 516 g/mol. The molecule has 0 saturated carbocycles. The first-order chi connectivity index (χ1) is 18.2. The number of nitrogens with one attached hydrogen (secondary N) is 1. The highest BCUT2D eigenvalue weighted by Gasteiger charge is 2.16. The predicted octanol–water partition coefficient (Wildman–Crippen LogP) is 6.79. The fraction of sp³-hybridized carbons (Fsp3) is 0.312. The normalized spacial score (nSPS) is 10.9. The van der Waals surface area contributed by atoms with Gasteiger partial charge in [-0.1, -0.05) is 54.6 Å². The number of carbonyl (C=O) groups excluding carboxylic acids is 2. The largest absolute Gasteiger partial charge is 0.489 e. The van der Waals surface area contributed by atoms with Gasteiger partial charge in [-0.05, 0) is 79.6 Å². The van der Waals surface area contributed by atoms with Crippen LogP contribution in [0.5, 0.6) is 5.75 Å². The summed E-state index contributed by atoms with van der Waals surface area (Å²) in [5.74, 6) is 0.370. The van der Waals surface area contributed by atoms with E-state index in [4.69, 9.17) is 14.2 Å². The molecule has 0 aromatic heterocycles. The maximum atomic E-state index is 12.0. The van der Waals surface area contributed by atoms with Gasteiger partial charge >= 0.3 is 12.1 Å². The number of carbonyl (C=O) groups is 2. The number of aryl methyl sites for hydroxylation is 1. The quantitative estimate of drug-likeness (QED) is 0.225. The third-order valence-electron chi connectivity index (χ3n) is 5.75. The molecule has 0 atom stereocenters. The van der Waals surface area contributed by atoms with E-state index in [0.717, 1.165) is 46.2 Å². The van der Waals surface area contributed by atoms with E-state index in [0.29, 0.717) is 18.9 Å². The Morgan fingerprint density at radius 2 is 1.61 bits per heavy atom. The van der Waals surface area contributed by atoms with Crippen LogP contribution in [0.25, 0.3) is 11.1 Å². The number of esters is 1. The molecule has 0 fully saturated rings. The molecule has 6 heteroatoms. The second kappa shape index (κ2) is 13.5. The molecular weight excluding hydrogens is 478 g/mol. The van der Waals surface area contributed by atoms with Gasteiger partial charge < -0.3 is 19.5 Å². The van der Waals surface area contributed by atoms with E-state index in [1.54, 1.807) is 0 Å². The molecule has 0 unspecified atom stereocenters. The van der Waals surface area contributed by atoms with Gasteiger partial charge in [0.05, 0.1) is 13.5 Å². The fourth-order valence-electron chi connectivity index (χ4n) is 3.88. The monoisotopic (exact) mass is 515 g/mol. The Labute approximate surface area is 225 Å². The number of alkyl carbamates (subject to hydrolysis) is 1. The first kappa shape index (κ1) is 28.5. The maximum absolute atomic E-state index is 12.0. The van der Waals surface area contributed by atoms with Crippen molar-refractivity contribution in [3.8, 4) is 16.9 Å². The fourth-order valence-corrected chi connectivity index (χ4v) is 3.88. The van der Waals surface area contributed by atoms with Gasteiger partial charge in [0, 0.05) is 12.1 Å². The van der Waals surface area contributed by atoms with Crippen LogP contribution in [0.2, 0.25) is 0 Å². The molecule has 0 bridgehead atoms. The van der Waals surface area contributed by atoms with Gasteiger partial charge in [0.2, 0.25) is 0 Å². The third kappa shape index (κ3) is 9.11. The number of benzene rings is 3. The van der Waals surface area contributed by atoms with Crippen molar-refractivity contribution in [1.29, 1.82) is 0 Å². The minimum absolute atomic E-state index is 0.151. The lowest BCUT2D eigenvalue weighted by Crippen LogP contribution is -2.32. The SMILES string of the molecule is C=CCCc1ccc(CC(=O)OC)c(OCc2cccc(-c3cccc(CNC(=O)OC(C)(C)C)c3)c2)c1. The van der Waals surface area contributed by atoms with Crippen LogP contribution in [0.3, 0.4) is 0 Å². The molecule has 1 amide bonds. The summed E-state index contributed by atoms with van der Waals surface area (Å²) in [4.78, 5) is 23.9. The number of ether oxygens (including phenoxy) is 3. The highest BCUT2D eigenvalue weighted by Crippen LogP contribution is 2.26. The second-order valence-corrected chi connectivity index (χ2v) is 10.1. The Morgan fingerprint density at radius 1 is 0.921 bits per heavy atom. The molecule has 1 N–H and O–H groups in total. The van der Waals surface area contributed by atoms with E-state index in [9.17, 15) is 9.59 Å². The van der Waals surface area contributed by atoms with Crippen molar-refractivity contribution in [1.82, 2.24) is 5.32 Å². The zero-order valence-electron chi connectivity index (χ0n) is 22.7. The zero-order valence-corrected chi connectivity index (χ0v) is 22.7. The molecule has 38 heavy (non-hydrogen) atoms. The minimum atomic E-state index is -0.540. The van der Waals surface area contributed by atoms with Crippen LogP contribution in [0.1, 0.15) is 49.4 Å². The summed E-state index contributed by atoms with van der Waals surface area (Å²) in [5.41, 5.74) is 5.42. The van der Waals surface area contributed by atoms with Crippen LogP contribution in [-0.2, 0) is 40.3 Å². The Kier molecular flexibility index (Phi) is 10.1. The molecule has 0 aliphatic rings. The summed E-state index contributed by atoms with van der Waals surface area (Å²) in [7, 11) is 1.38. The minimum Gasteiger partial charge on any atom is -0.489 e. The summed E-state index contributed by atoms with van der Waals surface area (Å²) in [6.45, 7) is 10.0. The molecule has 0 saturated heterocycles. The molecule has 0 aliphatic heterocycles. The number of allylic oxidation sites excluding steroid dienone is 1. The summed E-state index contributed by atoms with van der Waals surface area (Å²) in [6, 6.07) is 22.1. The Hall–Kier alpha value is -4.06. The van der Waals surface area contributed by atoms with Gasteiger partial charge in [-0.15, -0.1) is 6.58 Å². The van der Waals surface area contributed by atoms with Crippen LogP contribution in [0.15, 0.2) is 79.4 Å². The van der Waals surface area contributed by atoms with Gasteiger partial charge in [-0.2, -0.15) is 0 Å². The van der Waals surface area contributed by atoms with Crippen molar-refractivity contribution < 1.29 is 23.8 Å². The molecule has 3 aromatic rings. The number of hydrogen-bond donors (Lipinski definition) is 1. The second-order valence-electron chi connectivity index (χ2n) is 10.1. The van der Waals surface area contributed by atoms with E-state index in [-0.39, 0.29) is 12.4 Å². The number of hydrogen-bond acceptors (Lipinski definition) is 5. The van der Waals surface area contributed by atoms with Crippen LogP contribution < -0.4 is 10.1 Å². The molecule has 0 aliphatic carbocycles. The predicted molar refractivity (Wildman–Crippen MR) is 150 cm³/mol. The van der Waals surface area contributed by atoms with Crippen LogP contribution >= 0.6 is 0 Å². The molecule has 3 rings (SSSR count). The van der Waals surface area contributed by atoms with Crippen LogP contribution in [0, 0.1) is 0 Å². The number of methoxy groups -OCH3 is 1. The van der Waals surface area contributed by atoms with Crippen molar-refractivity contribution in [3.05, 3.63) is 102 Å². The van der Waals surface area contributed by atoms with E-state index in [1.165, 1.54) is 7.11 Å². The average Bonchev–Trinajstić information content (AvgIpc) is 2.89. The van der Waals surface area contributed by atoms with Gasteiger partial charge in [-0.3, -0.25) is 4.79 Å². The lowest BCUT2D eigenvalue weighted by atomic mass is 10.0. The molecular formula is C32H37NO5. The molecule has 0 radical (unpaired) electrons. The van der Waals surface area contributed by atoms with Gasteiger partial charge in [0.25, 0.3) is 0 Å². The van der Waals surface area contributed by atoms with Crippen molar-refractivity contribution in [2.24, 2.45) is 0 Å².